The van der Waals surface area contributed by atoms with Crippen molar-refractivity contribution < 1.29 is 14.1 Å². The van der Waals surface area contributed by atoms with Gasteiger partial charge in [-0.1, -0.05) is 43.0 Å². The van der Waals surface area contributed by atoms with Gasteiger partial charge in [-0.2, -0.15) is 0 Å². The lowest BCUT2D eigenvalue weighted by atomic mass is 10.1. The van der Waals surface area contributed by atoms with Gasteiger partial charge in [-0.15, -0.1) is 0 Å². The first-order valence-corrected chi connectivity index (χ1v) is 10.3. The summed E-state index contributed by atoms with van der Waals surface area (Å²) in [6.07, 6.45) is 2.65. The summed E-state index contributed by atoms with van der Waals surface area (Å²) in [7, 11) is 0. The second-order valence-electron chi connectivity index (χ2n) is 6.68. The molecule has 0 bridgehead atoms. The minimum Gasteiger partial charge on any atom is -0.457 e. The largest absolute Gasteiger partial charge is 0.457 e. The van der Waals surface area contributed by atoms with Gasteiger partial charge in [0.15, 0.2) is 5.50 Å². The number of nitrogens with one attached hydrogen (secondary N) is 2. The number of rotatable bonds is 6. The number of nitrogens with zero attached hydrogens (tertiary/aromatic N) is 1. The average molecular weight is 421 g/mol. The van der Waals surface area contributed by atoms with Gasteiger partial charge in [0, 0.05) is 29.5 Å². The molecular weight excluding hydrogens is 402 g/mol. The third-order valence-corrected chi connectivity index (χ3v) is 5.66. The molecule has 1 saturated heterocycles. The van der Waals surface area contributed by atoms with Crippen molar-refractivity contribution in [2.45, 2.75) is 18.8 Å². The summed E-state index contributed by atoms with van der Waals surface area (Å²) in [5.74, 6) is 0.817. The topological polar surface area (TPSA) is 97.4 Å². The van der Waals surface area contributed by atoms with Crippen LogP contribution in [0, 0.1) is 10.1 Å². The van der Waals surface area contributed by atoms with E-state index in [1.54, 1.807) is 30.3 Å². The van der Waals surface area contributed by atoms with Crippen molar-refractivity contribution in [3.8, 4) is 11.3 Å². The first kappa shape index (κ1) is 19.8. The van der Waals surface area contributed by atoms with E-state index in [1.165, 1.54) is 29.5 Å². The Hall–Kier alpha value is -3.52. The number of carbonyl (C=O) groups is 1. The molecule has 1 aliphatic rings. The molecule has 8 heteroatoms. The molecule has 1 amide bonds. The van der Waals surface area contributed by atoms with Crippen LogP contribution >= 0.6 is 11.8 Å². The molecule has 0 unspecified atom stereocenters. The van der Waals surface area contributed by atoms with Gasteiger partial charge in [-0.25, -0.2) is 0 Å². The molecule has 2 N–H and O–H groups in total. The van der Waals surface area contributed by atoms with Gasteiger partial charge in [-0.3, -0.25) is 14.9 Å². The summed E-state index contributed by atoms with van der Waals surface area (Å²) in [4.78, 5) is 23.4. The van der Waals surface area contributed by atoms with Crippen LogP contribution in [0.5, 0.6) is 0 Å². The number of nitro groups is 1. The van der Waals surface area contributed by atoms with E-state index in [1.807, 2.05) is 12.1 Å². The third kappa shape index (κ3) is 4.38. The van der Waals surface area contributed by atoms with E-state index in [-0.39, 0.29) is 17.1 Å². The molecule has 30 heavy (non-hydrogen) atoms. The molecule has 0 radical (unpaired) electrons. The maximum absolute atomic E-state index is 12.3. The maximum atomic E-state index is 12.3. The molecular formula is C22H19N3O4S. The Kier molecular flexibility index (Phi) is 5.58. The highest BCUT2D eigenvalue weighted by Crippen LogP contribution is 2.32. The van der Waals surface area contributed by atoms with E-state index in [4.69, 9.17) is 4.42 Å². The van der Waals surface area contributed by atoms with Gasteiger partial charge in [0.05, 0.1) is 9.83 Å². The summed E-state index contributed by atoms with van der Waals surface area (Å²) < 4.78 is 5.78. The van der Waals surface area contributed by atoms with E-state index in [0.29, 0.717) is 22.0 Å². The Morgan fingerprint density at radius 3 is 2.73 bits per heavy atom. The van der Waals surface area contributed by atoms with Crippen LogP contribution in [0.15, 0.2) is 70.0 Å². The summed E-state index contributed by atoms with van der Waals surface area (Å²) in [6.45, 7) is 2.10. The highest BCUT2D eigenvalue weighted by molar-refractivity contribution is 8.05. The molecule has 2 heterocycles. The number of anilines is 1. The van der Waals surface area contributed by atoms with Gasteiger partial charge < -0.3 is 15.1 Å². The van der Waals surface area contributed by atoms with Crippen LogP contribution in [0.25, 0.3) is 17.4 Å². The Morgan fingerprint density at radius 1 is 1.20 bits per heavy atom. The normalized spacial score (nSPS) is 17.2. The zero-order valence-electron chi connectivity index (χ0n) is 16.1. The number of amides is 1. The highest BCUT2D eigenvalue weighted by atomic mass is 32.2. The summed E-state index contributed by atoms with van der Waals surface area (Å²) in [5.41, 5.74) is 2.50. The molecule has 0 aliphatic carbocycles. The third-order valence-electron chi connectivity index (χ3n) is 4.63. The van der Waals surface area contributed by atoms with Crippen LogP contribution < -0.4 is 10.6 Å². The van der Waals surface area contributed by atoms with E-state index in [2.05, 4.69) is 29.7 Å². The second-order valence-corrected chi connectivity index (χ2v) is 7.83. The molecule has 0 spiro atoms. The second kappa shape index (κ2) is 8.46. The number of carbonyl (C=O) groups excluding carboxylic acids is 1. The monoisotopic (exact) mass is 421 g/mol. The number of hydrogen-bond donors (Lipinski definition) is 2. The molecule has 0 saturated carbocycles. The molecule has 3 aromatic rings. The Morgan fingerprint density at radius 2 is 2.00 bits per heavy atom. The summed E-state index contributed by atoms with van der Waals surface area (Å²) in [5, 5.41) is 17.1. The van der Waals surface area contributed by atoms with Crippen molar-refractivity contribution in [2.75, 3.05) is 5.32 Å². The zero-order chi connectivity index (χ0) is 21.1. The number of nitro benzene ring substituents is 1. The van der Waals surface area contributed by atoms with Gasteiger partial charge in [0.25, 0.3) is 11.6 Å². The van der Waals surface area contributed by atoms with Gasteiger partial charge in [0.2, 0.25) is 0 Å². The van der Waals surface area contributed by atoms with Crippen LogP contribution in [-0.4, -0.2) is 16.3 Å². The van der Waals surface area contributed by atoms with Crippen molar-refractivity contribution in [3.05, 3.63) is 87.0 Å². The number of non-ortho nitro benzene ring substituents is 1. The highest BCUT2D eigenvalue weighted by Gasteiger charge is 2.27. The van der Waals surface area contributed by atoms with E-state index in [9.17, 15) is 14.9 Å². The fraction of sp³-hybridized carbons (Fsp3) is 0.136. The minimum absolute atomic E-state index is 0.00424. The first-order chi connectivity index (χ1) is 14.5. The van der Waals surface area contributed by atoms with Crippen molar-refractivity contribution in [1.82, 2.24) is 5.32 Å². The zero-order valence-corrected chi connectivity index (χ0v) is 16.9. The van der Waals surface area contributed by atoms with Crippen LogP contribution in [-0.2, 0) is 11.2 Å². The Labute approximate surface area is 177 Å². The number of hydrogen-bond acceptors (Lipinski definition) is 6. The predicted octanol–water partition coefficient (Wildman–Crippen LogP) is 5.02. The van der Waals surface area contributed by atoms with Crippen LogP contribution in [0.1, 0.15) is 18.2 Å². The van der Waals surface area contributed by atoms with Crippen LogP contribution in [0.2, 0.25) is 0 Å². The molecule has 1 aromatic heterocycles. The Bertz CT molecular complexity index is 1120. The molecule has 1 atom stereocenters. The van der Waals surface area contributed by atoms with Crippen molar-refractivity contribution >= 4 is 35.1 Å². The number of benzene rings is 2. The molecule has 152 valence electrons. The van der Waals surface area contributed by atoms with Gasteiger partial charge in [0.1, 0.15) is 11.5 Å². The summed E-state index contributed by atoms with van der Waals surface area (Å²) >= 11 is 1.37. The maximum Gasteiger partial charge on any atom is 0.270 e. The SMILES string of the molecule is CCc1ccc(N[C@H]2NC(=O)/C(=C/c3ccc(-c4cccc([N+](=O)[O-])c4)o3)S2)cc1. The fourth-order valence-electron chi connectivity index (χ4n) is 3.04. The lowest BCUT2D eigenvalue weighted by Crippen LogP contribution is -2.30. The smallest absolute Gasteiger partial charge is 0.270 e. The van der Waals surface area contributed by atoms with Crippen LogP contribution in [0.4, 0.5) is 11.4 Å². The van der Waals surface area contributed by atoms with Crippen molar-refractivity contribution in [2.24, 2.45) is 0 Å². The first-order valence-electron chi connectivity index (χ1n) is 9.41. The Balaban J connectivity index is 1.46. The van der Waals surface area contributed by atoms with E-state index < -0.39 is 4.92 Å². The van der Waals surface area contributed by atoms with Gasteiger partial charge >= 0.3 is 0 Å². The molecule has 4 rings (SSSR count). The molecule has 7 nitrogen and oxygen atoms in total. The van der Waals surface area contributed by atoms with E-state index in [0.717, 1.165) is 12.1 Å². The number of aryl methyl sites for hydroxylation is 1. The molecule has 1 aliphatic heterocycles. The lowest BCUT2D eigenvalue weighted by Gasteiger charge is -2.12. The average Bonchev–Trinajstić information content (AvgIpc) is 3.35. The minimum atomic E-state index is -0.447. The molecule has 2 aromatic carbocycles. The van der Waals surface area contributed by atoms with E-state index >= 15 is 0 Å². The fourth-order valence-corrected chi connectivity index (χ4v) is 4.01. The number of thioether (sulfide) groups is 1. The van der Waals surface area contributed by atoms with Crippen molar-refractivity contribution in [1.29, 1.82) is 0 Å². The molecule has 1 fully saturated rings. The number of furan rings is 1. The predicted molar refractivity (Wildman–Crippen MR) is 118 cm³/mol. The lowest BCUT2D eigenvalue weighted by molar-refractivity contribution is -0.384. The summed E-state index contributed by atoms with van der Waals surface area (Å²) in [6, 6.07) is 17.8. The van der Waals surface area contributed by atoms with Crippen molar-refractivity contribution in [3.63, 3.8) is 0 Å². The quantitative estimate of drug-likeness (QED) is 0.330. The van der Waals surface area contributed by atoms with Gasteiger partial charge in [-0.05, 0) is 36.2 Å². The van der Waals surface area contributed by atoms with Crippen LogP contribution in [0.3, 0.4) is 0 Å². The standard InChI is InChI=1S/C22H19N3O4S/c1-2-14-6-8-16(9-7-14)23-22-24-21(26)20(30-22)13-18-10-11-19(29-18)15-4-3-5-17(12-15)25(27)28/h3-13,22-23H,2H2,1H3,(H,24,26)/b20-13-/t22-/m0/s1.